The van der Waals surface area contributed by atoms with Crippen LogP contribution < -0.4 is 0 Å². The molecule has 2 rings (SSSR count). The van der Waals surface area contributed by atoms with E-state index in [4.69, 9.17) is 9.47 Å². The van der Waals surface area contributed by atoms with E-state index < -0.39 is 0 Å². The number of carbonyl (C=O) groups excluding carboxylic acids is 1. The molecule has 0 heterocycles. The maximum atomic E-state index is 11.4. The van der Waals surface area contributed by atoms with Crippen molar-refractivity contribution in [3.05, 3.63) is 35.9 Å². The summed E-state index contributed by atoms with van der Waals surface area (Å²) < 4.78 is 10.4. The van der Waals surface area contributed by atoms with Gasteiger partial charge >= 0.3 is 5.97 Å². The van der Waals surface area contributed by atoms with Gasteiger partial charge in [0.1, 0.15) is 0 Å². The fourth-order valence-corrected chi connectivity index (χ4v) is 2.81. The first-order valence-corrected chi connectivity index (χ1v) is 7.07. The van der Waals surface area contributed by atoms with Crippen LogP contribution in [-0.4, -0.2) is 30.9 Å². The molecule has 4 heteroatoms. The molecule has 0 radical (unpaired) electrons. The molecule has 110 valence electrons. The van der Waals surface area contributed by atoms with Gasteiger partial charge in [0, 0.05) is 12.3 Å². The van der Waals surface area contributed by atoms with Gasteiger partial charge in [-0.25, -0.2) is 0 Å². The number of benzene rings is 1. The second-order valence-electron chi connectivity index (χ2n) is 5.35. The Morgan fingerprint density at radius 3 is 2.75 bits per heavy atom. The highest BCUT2D eigenvalue weighted by Gasteiger charge is 2.36. The Kier molecular flexibility index (Phi) is 5.56. The van der Waals surface area contributed by atoms with Crippen LogP contribution in [-0.2, 0) is 20.9 Å². The van der Waals surface area contributed by atoms with Crippen molar-refractivity contribution in [3.8, 4) is 0 Å². The van der Waals surface area contributed by atoms with E-state index in [-0.39, 0.29) is 23.9 Å². The summed E-state index contributed by atoms with van der Waals surface area (Å²) >= 11 is 0. The predicted molar refractivity (Wildman–Crippen MR) is 75.0 cm³/mol. The highest BCUT2D eigenvalue weighted by atomic mass is 16.5. The van der Waals surface area contributed by atoms with Crippen molar-refractivity contribution in [2.75, 3.05) is 13.7 Å². The lowest BCUT2D eigenvalue weighted by Crippen LogP contribution is -2.26. The van der Waals surface area contributed by atoms with Gasteiger partial charge in [0.25, 0.3) is 0 Å². The lowest BCUT2D eigenvalue weighted by Gasteiger charge is -2.21. The lowest BCUT2D eigenvalue weighted by atomic mass is 9.92. The first kappa shape index (κ1) is 15.0. The van der Waals surface area contributed by atoms with Crippen molar-refractivity contribution in [3.63, 3.8) is 0 Å². The van der Waals surface area contributed by atoms with Crippen LogP contribution in [0.5, 0.6) is 0 Å². The van der Waals surface area contributed by atoms with E-state index in [0.29, 0.717) is 19.6 Å². The molecular formula is C16H22O4. The van der Waals surface area contributed by atoms with Gasteiger partial charge in [0.15, 0.2) is 0 Å². The van der Waals surface area contributed by atoms with Crippen molar-refractivity contribution in [1.29, 1.82) is 0 Å². The third kappa shape index (κ3) is 4.05. The molecule has 1 saturated carbocycles. The van der Waals surface area contributed by atoms with Gasteiger partial charge in [-0.05, 0) is 24.3 Å². The Morgan fingerprint density at radius 1 is 1.30 bits per heavy atom. The normalized spacial score (nSPS) is 25.6. The second kappa shape index (κ2) is 7.41. The van der Waals surface area contributed by atoms with Crippen LogP contribution in [0.2, 0.25) is 0 Å². The standard InChI is InChI=1S/C16H22O4/c1-19-16(18)9-13-7-8-15(17)14(13)11-20-10-12-5-3-2-4-6-12/h2-6,13-15,17H,7-11H2,1H3/t13-,14?,15-/m1/s1. The van der Waals surface area contributed by atoms with E-state index >= 15 is 0 Å². The highest BCUT2D eigenvalue weighted by molar-refractivity contribution is 5.69. The fourth-order valence-electron chi connectivity index (χ4n) is 2.81. The monoisotopic (exact) mass is 278 g/mol. The van der Waals surface area contributed by atoms with E-state index in [1.54, 1.807) is 0 Å². The van der Waals surface area contributed by atoms with Crippen LogP contribution in [0.25, 0.3) is 0 Å². The number of esters is 1. The van der Waals surface area contributed by atoms with Crippen molar-refractivity contribution in [2.24, 2.45) is 11.8 Å². The fraction of sp³-hybridized carbons (Fsp3) is 0.562. The zero-order chi connectivity index (χ0) is 14.4. The molecule has 1 fully saturated rings. The largest absolute Gasteiger partial charge is 0.469 e. The molecule has 0 saturated heterocycles. The lowest BCUT2D eigenvalue weighted by molar-refractivity contribution is -0.142. The molecule has 0 amide bonds. The molecule has 4 nitrogen and oxygen atoms in total. The average molecular weight is 278 g/mol. The smallest absolute Gasteiger partial charge is 0.305 e. The van der Waals surface area contributed by atoms with Crippen LogP contribution in [0.4, 0.5) is 0 Å². The quantitative estimate of drug-likeness (QED) is 0.810. The molecule has 1 N–H and O–H groups in total. The third-order valence-electron chi connectivity index (χ3n) is 4.01. The van der Waals surface area contributed by atoms with Gasteiger partial charge in [-0.3, -0.25) is 4.79 Å². The van der Waals surface area contributed by atoms with Crippen LogP contribution in [0.15, 0.2) is 30.3 Å². The Hall–Kier alpha value is -1.39. The summed E-state index contributed by atoms with van der Waals surface area (Å²) in [5, 5.41) is 10.0. The van der Waals surface area contributed by atoms with Gasteiger partial charge in [0.2, 0.25) is 0 Å². The number of aliphatic hydroxyl groups is 1. The summed E-state index contributed by atoms with van der Waals surface area (Å²) in [5.41, 5.74) is 1.12. The molecule has 0 aromatic heterocycles. The minimum atomic E-state index is -0.375. The Morgan fingerprint density at radius 2 is 2.05 bits per heavy atom. The molecule has 1 aromatic carbocycles. The first-order chi connectivity index (χ1) is 9.70. The molecule has 0 aliphatic heterocycles. The molecular weight excluding hydrogens is 256 g/mol. The van der Waals surface area contributed by atoms with Crippen LogP contribution in [0, 0.1) is 11.8 Å². The van der Waals surface area contributed by atoms with Gasteiger partial charge < -0.3 is 14.6 Å². The Bertz CT molecular complexity index is 418. The van der Waals surface area contributed by atoms with E-state index in [0.717, 1.165) is 18.4 Å². The van der Waals surface area contributed by atoms with E-state index in [1.165, 1.54) is 7.11 Å². The minimum Gasteiger partial charge on any atom is -0.469 e. The van der Waals surface area contributed by atoms with Crippen LogP contribution in [0.3, 0.4) is 0 Å². The molecule has 0 bridgehead atoms. The van der Waals surface area contributed by atoms with Gasteiger partial charge in [-0.2, -0.15) is 0 Å². The van der Waals surface area contributed by atoms with Gasteiger partial charge in [-0.15, -0.1) is 0 Å². The predicted octanol–water partition coefficient (Wildman–Crippen LogP) is 2.15. The minimum absolute atomic E-state index is 0.0258. The topological polar surface area (TPSA) is 55.8 Å². The molecule has 20 heavy (non-hydrogen) atoms. The second-order valence-corrected chi connectivity index (χ2v) is 5.35. The number of aliphatic hydroxyl groups excluding tert-OH is 1. The van der Waals surface area contributed by atoms with E-state index in [9.17, 15) is 9.90 Å². The summed E-state index contributed by atoms with van der Waals surface area (Å²) in [6, 6.07) is 9.94. The highest BCUT2D eigenvalue weighted by Crippen LogP contribution is 2.35. The van der Waals surface area contributed by atoms with E-state index in [2.05, 4.69) is 0 Å². The average Bonchev–Trinajstić information content (AvgIpc) is 2.81. The summed E-state index contributed by atoms with van der Waals surface area (Å²) in [5.74, 6) is -0.0248. The van der Waals surface area contributed by atoms with Gasteiger partial charge in [0.05, 0.1) is 26.4 Å². The summed E-state index contributed by atoms with van der Waals surface area (Å²) in [7, 11) is 1.40. The first-order valence-electron chi connectivity index (χ1n) is 7.07. The molecule has 3 atom stereocenters. The van der Waals surface area contributed by atoms with Crippen molar-refractivity contribution in [1.82, 2.24) is 0 Å². The third-order valence-corrected chi connectivity index (χ3v) is 4.01. The number of hydrogen-bond acceptors (Lipinski definition) is 4. The van der Waals surface area contributed by atoms with Crippen molar-refractivity contribution < 1.29 is 19.4 Å². The van der Waals surface area contributed by atoms with Crippen molar-refractivity contribution >= 4 is 5.97 Å². The Balaban J connectivity index is 1.81. The molecule has 1 unspecified atom stereocenters. The molecule has 1 aliphatic rings. The summed E-state index contributed by atoms with van der Waals surface area (Å²) in [6.45, 7) is 1.02. The summed E-state index contributed by atoms with van der Waals surface area (Å²) in [6.07, 6.45) is 1.59. The maximum absolute atomic E-state index is 11.4. The number of hydrogen-bond donors (Lipinski definition) is 1. The number of carbonyl (C=O) groups is 1. The Labute approximate surface area is 119 Å². The van der Waals surface area contributed by atoms with Gasteiger partial charge in [-0.1, -0.05) is 30.3 Å². The maximum Gasteiger partial charge on any atom is 0.305 e. The zero-order valence-corrected chi connectivity index (χ0v) is 11.8. The molecule has 0 spiro atoms. The molecule has 1 aliphatic carbocycles. The van der Waals surface area contributed by atoms with E-state index in [1.807, 2.05) is 30.3 Å². The number of methoxy groups -OCH3 is 1. The van der Waals surface area contributed by atoms with Crippen LogP contribution in [0.1, 0.15) is 24.8 Å². The zero-order valence-electron chi connectivity index (χ0n) is 11.8. The number of ether oxygens (including phenoxy) is 2. The van der Waals surface area contributed by atoms with Crippen molar-refractivity contribution in [2.45, 2.75) is 32.0 Å². The SMILES string of the molecule is COC(=O)C[C@H]1CC[C@@H](O)C1COCc1ccccc1. The molecule has 1 aromatic rings. The number of rotatable bonds is 6. The summed E-state index contributed by atoms with van der Waals surface area (Å²) in [4.78, 5) is 11.4. The van der Waals surface area contributed by atoms with Crippen LogP contribution >= 0.6 is 0 Å².